The van der Waals surface area contributed by atoms with Gasteiger partial charge in [-0.25, -0.2) is 0 Å². The van der Waals surface area contributed by atoms with Gasteiger partial charge in [0.2, 0.25) is 0 Å². The van der Waals surface area contributed by atoms with Crippen LogP contribution < -0.4 is 10.6 Å². The van der Waals surface area contributed by atoms with Crippen molar-refractivity contribution in [3.63, 3.8) is 0 Å². The summed E-state index contributed by atoms with van der Waals surface area (Å²) in [6.45, 7) is 11.8. The number of guanidine groups is 1. The molecule has 0 aliphatic carbocycles. The minimum Gasteiger partial charge on any atom is -0.382 e. The Morgan fingerprint density at radius 1 is 1.08 bits per heavy atom. The molecule has 0 bridgehead atoms. The Labute approximate surface area is 147 Å². The van der Waals surface area contributed by atoms with Gasteiger partial charge in [0.25, 0.3) is 0 Å². The number of nitrogens with zero attached hydrogens (tertiary/aromatic N) is 2. The second-order valence-corrected chi connectivity index (χ2v) is 5.81. The van der Waals surface area contributed by atoms with Crippen molar-refractivity contribution in [2.45, 2.75) is 26.2 Å². The Hall–Kier alpha value is -0.890. The third-order valence-electron chi connectivity index (χ3n) is 3.79. The zero-order valence-corrected chi connectivity index (χ0v) is 15.5. The van der Waals surface area contributed by atoms with E-state index in [1.165, 1.54) is 0 Å². The van der Waals surface area contributed by atoms with Crippen LogP contribution in [0.5, 0.6) is 0 Å². The highest BCUT2D eigenvalue weighted by Crippen LogP contribution is 1.98. The van der Waals surface area contributed by atoms with Crippen molar-refractivity contribution < 1.29 is 14.2 Å². The van der Waals surface area contributed by atoms with Gasteiger partial charge < -0.3 is 24.8 Å². The summed E-state index contributed by atoms with van der Waals surface area (Å²) in [5.41, 5.74) is 0. The Balaban J connectivity index is 2.04. The van der Waals surface area contributed by atoms with Crippen LogP contribution in [0.1, 0.15) is 26.2 Å². The number of hydrogen-bond acceptors (Lipinski definition) is 5. The largest absolute Gasteiger partial charge is 0.382 e. The van der Waals surface area contributed by atoms with Gasteiger partial charge in [0, 0.05) is 53.0 Å². The van der Waals surface area contributed by atoms with Crippen LogP contribution in [0, 0.1) is 0 Å². The van der Waals surface area contributed by atoms with Gasteiger partial charge in [0.15, 0.2) is 5.96 Å². The molecule has 0 atom stereocenters. The Morgan fingerprint density at radius 3 is 2.67 bits per heavy atom. The van der Waals surface area contributed by atoms with E-state index in [0.29, 0.717) is 13.2 Å². The first-order valence-electron chi connectivity index (χ1n) is 9.25. The third-order valence-corrected chi connectivity index (χ3v) is 3.79. The van der Waals surface area contributed by atoms with Gasteiger partial charge in [0.05, 0.1) is 26.4 Å². The fourth-order valence-corrected chi connectivity index (χ4v) is 2.43. The van der Waals surface area contributed by atoms with E-state index in [2.05, 4.69) is 27.4 Å². The third kappa shape index (κ3) is 11.6. The molecular weight excluding hydrogens is 308 g/mol. The molecule has 2 N–H and O–H groups in total. The summed E-state index contributed by atoms with van der Waals surface area (Å²) < 4.78 is 15.8. The van der Waals surface area contributed by atoms with Crippen LogP contribution in [0.2, 0.25) is 0 Å². The molecule has 0 amide bonds. The van der Waals surface area contributed by atoms with Crippen LogP contribution in [-0.2, 0) is 14.2 Å². The standard InChI is InChI=1S/C17H36N4O3/c1-3-18-17(19-7-4-5-12-23-16-15-22-2)20-8-6-9-21-10-13-24-14-11-21/h3-16H2,1-2H3,(H2,18,19,20). The number of rotatable bonds is 13. The molecule has 0 saturated carbocycles. The Kier molecular flexibility index (Phi) is 13.8. The summed E-state index contributed by atoms with van der Waals surface area (Å²) in [6.07, 6.45) is 3.21. The smallest absolute Gasteiger partial charge is 0.191 e. The van der Waals surface area contributed by atoms with E-state index in [9.17, 15) is 0 Å². The molecule has 1 heterocycles. The van der Waals surface area contributed by atoms with Crippen LogP contribution in [0.15, 0.2) is 4.99 Å². The van der Waals surface area contributed by atoms with Crippen LogP contribution in [0.3, 0.4) is 0 Å². The summed E-state index contributed by atoms with van der Waals surface area (Å²) in [6, 6.07) is 0. The molecule has 1 fully saturated rings. The van der Waals surface area contributed by atoms with E-state index < -0.39 is 0 Å². The number of methoxy groups -OCH3 is 1. The van der Waals surface area contributed by atoms with E-state index in [1.54, 1.807) is 7.11 Å². The first-order valence-corrected chi connectivity index (χ1v) is 9.25. The maximum atomic E-state index is 5.45. The fourth-order valence-electron chi connectivity index (χ4n) is 2.43. The van der Waals surface area contributed by atoms with Crippen molar-refractivity contribution in [2.24, 2.45) is 4.99 Å². The van der Waals surface area contributed by atoms with Crippen molar-refractivity contribution in [2.75, 3.05) is 79.4 Å². The number of nitrogens with one attached hydrogen (secondary N) is 2. The van der Waals surface area contributed by atoms with E-state index in [1.807, 2.05) is 0 Å². The van der Waals surface area contributed by atoms with Gasteiger partial charge in [-0.15, -0.1) is 0 Å². The molecule has 1 aliphatic heterocycles. The highest BCUT2D eigenvalue weighted by Gasteiger charge is 2.08. The summed E-state index contributed by atoms with van der Waals surface area (Å²) in [7, 11) is 1.69. The normalized spacial score (nSPS) is 16.3. The average Bonchev–Trinajstić information content (AvgIpc) is 2.61. The maximum Gasteiger partial charge on any atom is 0.191 e. The number of ether oxygens (including phenoxy) is 3. The average molecular weight is 345 g/mol. The number of unbranched alkanes of at least 4 members (excludes halogenated alkanes) is 1. The Morgan fingerprint density at radius 2 is 1.92 bits per heavy atom. The predicted molar refractivity (Wildman–Crippen MR) is 97.8 cm³/mol. The first-order chi connectivity index (χ1) is 11.9. The topological polar surface area (TPSA) is 67.4 Å². The molecule has 1 rings (SSSR count). The lowest BCUT2D eigenvalue weighted by molar-refractivity contribution is 0.0377. The molecule has 1 saturated heterocycles. The molecule has 0 aromatic carbocycles. The second-order valence-electron chi connectivity index (χ2n) is 5.81. The van der Waals surface area contributed by atoms with Crippen molar-refractivity contribution >= 4 is 5.96 Å². The van der Waals surface area contributed by atoms with Gasteiger partial charge in [-0.1, -0.05) is 0 Å². The lowest BCUT2D eigenvalue weighted by Crippen LogP contribution is -2.38. The quantitative estimate of drug-likeness (QED) is 0.291. The monoisotopic (exact) mass is 344 g/mol. The SMILES string of the molecule is CCNC(=NCCCN1CCOCC1)NCCCCOCCOC. The van der Waals surface area contributed by atoms with E-state index in [4.69, 9.17) is 14.2 Å². The van der Waals surface area contributed by atoms with Crippen molar-refractivity contribution in [1.29, 1.82) is 0 Å². The molecule has 24 heavy (non-hydrogen) atoms. The van der Waals surface area contributed by atoms with Crippen molar-refractivity contribution in [3.8, 4) is 0 Å². The van der Waals surface area contributed by atoms with Crippen molar-refractivity contribution in [1.82, 2.24) is 15.5 Å². The van der Waals surface area contributed by atoms with E-state index in [-0.39, 0.29) is 0 Å². The van der Waals surface area contributed by atoms with Crippen molar-refractivity contribution in [3.05, 3.63) is 0 Å². The summed E-state index contributed by atoms with van der Waals surface area (Å²) >= 11 is 0. The lowest BCUT2D eigenvalue weighted by atomic mass is 10.3. The van der Waals surface area contributed by atoms with Gasteiger partial charge >= 0.3 is 0 Å². The molecule has 0 unspecified atom stereocenters. The number of hydrogen-bond donors (Lipinski definition) is 2. The molecule has 7 heteroatoms. The molecule has 142 valence electrons. The number of morpholine rings is 1. The number of aliphatic imine (C=N–C) groups is 1. The van der Waals surface area contributed by atoms with Crippen LogP contribution in [0.4, 0.5) is 0 Å². The lowest BCUT2D eigenvalue weighted by Gasteiger charge is -2.26. The minimum atomic E-state index is 0.667. The molecular formula is C17H36N4O3. The molecule has 0 aromatic rings. The van der Waals surface area contributed by atoms with E-state index in [0.717, 1.165) is 84.3 Å². The first kappa shape index (κ1) is 21.2. The second kappa shape index (κ2) is 15.6. The van der Waals surface area contributed by atoms with Gasteiger partial charge in [-0.05, 0) is 26.2 Å². The van der Waals surface area contributed by atoms with Crippen LogP contribution in [0.25, 0.3) is 0 Å². The van der Waals surface area contributed by atoms with Gasteiger partial charge in [0.1, 0.15) is 0 Å². The molecule has 1 aliphatic rings. The summed E-state index contributed by atoms with van der Waals surface area (Å²) in [5, 5.41) is 6.68. The minimum absolute atomic E-state index is 0.667. The molecule has 0 spiro atoms. The Bertz CT molecular complexity index is 310. The molecule has 0 aromatic heterocycles. The fraction of sp³-hybridized carbons (Fsp3) is 0.941. The summed E-state index contributed by atoms with van der Waals surface area (Å²) in [4.78, 5) is 7.09. The predicted octanol–water partition coefficient (Wildman–Crippen LogP) is 0.707. The maximum absolute atomic E-state index is 5.45. The molecule has 0 radical (unpaired) electrons. The zero-order valence-electron chi connectivity index (χ0n) is 15.5. The summed E-state index contributed by atoms with van der Waals surface area (Å²) in [5.74, 6) is 0.916. The van der Waals surface area contributed by atoms with E-state index >= 15 is 0 Å². The highest BCUT2D eigenvalue weighted by atomic mass is 16.5. The zero-order chi connectivity index (χ0) is 17.3. The highest BCUT2D eigenvalue weighted by molar-refractivity contribution is 5.79. The van der Waals surface area contributed by atoms with Crippen LogP contribution in [-0.4, -0.2) is 90.3 Å². The van der Waals surface area contributed by atoms with Crippen LogP contribution >= 0.6 is 0 Å². The van der Waals surface area contributed by atoms with Gasteiger partial charge in [-0.3, -0.25) is 9.89 Å². The molecule has 7 nitrogen and oxygen atoms in total. The van der Waals surface area contributed by atoms with Gasteiger partial charge in [-0.2, -0.15) is 0 Å².